The third kappa shape index (κ3) is 3.83. The summed E-state index contributed by atoms with van der Waals surface area (Å²) in [4.78, 5) is 17.5. The predicted octanol–water partition coefficient (Wildman–Crippen LogP) is 4.24. The molecule has 0 spiro atoms. The Hall–Kier alpha value is -1.76. The number of rotatable bonds is 5. The molecular formula is C18H17BrN2O2S. The normalized spacial score (nSPS) is 12.0. The van der Waals surface area contributed by atoms with Crippen molar-refractivity contribution in [2.75, 3.05) is 13.2 Å². The van der Waals surface area contributed by atoms with Gasteiger partial charge in [-0.3, -0.25) is 4.79 Å². The maximum absolute atomic E-state index is 12.5. The minimum Gasteiger partial charge on any atom is -0.380 e. The molecule has 124 valence electrons. The summed E-state index contributed by atoms with van der Waals surface area (Å²) < 4.78 is 9.49. The molecule has 0 unspecified atom stereocenters. The highest BCUT2D eigenvalue weighted by Gasteiger charge is 2.09. The Bertz CT molecular complexity index is 930. The summed E-state index contributed by atoms with van der Waals surface area (Å²) in [5.74, 6) is -0.243. The van der Waals surface area contributed by atoms with Gasteiger partial charge >= 0.3 is 0 Å². The van der Waals surface area contributed by atoms with Gasteiger partial charge in [-0.25, -0.2) is 0 Å². The van der Waals surface area contributed by atoms with Crippen molar-refractivity contribution in [1.82, 2.24) is 4.57 Å². The number of carbonyl (C=O) groups is 1. The van der Waals surface area contributed by atoms with Crippen molar-refractivity contribution in [2.24, 2.45) is 4.99 Å². The van der Waals surface area contributed by atoms with Gasteiger partial charge in [0.25, 0.3) is 5.91 Å². The SMILES string of the molecule is CCOCCn1c(=NC(=O)c2cccc(Br)c2)sc2ccccc21. The average molecular weight is 405 g/mol. The van der Waals surface area contributed by atoms with E-state index in [1.165, 1.54) is 11.3 Å². The number of carbonyl (C=O) groups excluding carboxylic acids is 1. The van der Waals surface area contributed by atoms with Crippen molar-refractivity contribution in [1.29, 1.82) is 0 Å². The van der Waals surface area contributed by atoms with Crippen LogP contribution in [-0.4, -0.2) is 23.7 Å². The van der Waals surface area contributed by atoms with Crippen molar-refractivity contribution in [2.45, 2.75) is 13.5 Å². The average Bonchev–Trinajstić information content (AvgIpc) is 2.92. The van der Waals surface area contributed by atoms with E-state index in [1.54, 1.807) is 12.1 Å². The first-order valence-corrected chi connectivity index (χ1v) is 9.30. The lowest BCUT2D eigenvalue weighted by Crippen LogP contribution is -2.19. The van der Waals surface area contributed by atoms with E-state index in [2.05, 4.69) is 20.9 Å². The number of fused-ring (bicyclic) bond motifs is 1. The molecule has 0 aliphatic carbocycles. The molecule has 0 N–H and O–H groups in total. The molecule has 2 aromatic carbocycles. The molecule has 0 saturated carbocycles. The zero-order valence-corrected chi connectivity index (χ0v) is 15.6. The van der Waals surface area contributed by atoms with Gasteiger partial charge in [-0.2, -0.15) is 4.99 Å². The van der Waals surface area contributed by atoms with Crippen LogP contribution in [0.15, 0.2) is 58.0 Å². The largest absolute Gasteiger partial charge is 0.380 e. The standard InChI is InChI=1S/C18H17BrN2O2S/c1-2-23-11-10-21-15-8-3-4-9-16(15)24-18(21)20-17(22)13-6-5-7-14(19)12-13/h3-9,12H,2,10-11H2,1H3. The van der Waals surface area contributed by atoms with Crippen molar-refractivity contribution < 1.29 is 9.53 Å². The number of benzene rings is 2. The number of hydrogen-bond acceptors (Lipinski definition) is 3. The van der Waals surface area contributed by atoms with Crippen LogP contribution in [0.4, 0.5) is 0 Å². The second-order valence-electron chi connectivity index (χ2n) is 5.13. The Morgan fingerprint density at radius 2 is 2.08 bits per heavy atom. The van der Waals surface area contributed by atoms with Gasteiger partial charge in [0.2, 0.25) is 0 Å². The number of halogens is 1. The molecule has 24 heavy (non-hydrogen) atoms. The van der Waals surface area contributed by atoms with Crippen LogP contribution < -0.4 is 4.80 Å². The fourth-order valence-corrected chi connectivity index (χ4v) is 3.85. The van der Waals surface area contributed by atoms with Gasteiger partial charge in [0.1, 0.15) is 0 Å². The number of hydrogen-bond donors (Lipinski definition) is 0. The van der Waals surface area contributed by atoms with Gasteiger partial charge in [-0.05, 0) is 37.3 Å². The first kappa shape index (κ1) is 17.1. The molecule has 0 bridgehead atoms. The zero-order valence-electron chi connectivity index (χ0n) is 13.2. The molecule has 0 atom stereocenters. The number of para-hydroxylation sites is 1. The van der Waals surface area contributed by atoms with Gasteiger partial charge in [0.05, 0.1) is 16.8 Å². The first-order chi connectivity index (χ1) is 11.7. The Morgan fingerprint density at radius 3 is 2.88 bits per heavy atom. The van der Waals surface area contributed by atoms with E-state index < -0.39 is 0 Å². The van der Waals surface area contributed by atoms with Crippen LogP contribution in [0.3, 0.4) is 0 Å². The van der Waals surface area contributed by atoms with E-state index in [9.17, 15) is 4.79 Å². The number of aromatic nitrogens is 1. The molecule has 0 saturated heterocycles. The molecule has 1 heterocycles. The summed E-state index contributed by atoms with van der Waals surface area (Å²) in [5.41, 5.74) is 1.64. The lowest BCUT2D eigenvalue weighted by molar-refractivity contribution is 0.0996. The van der Waals surface area contributed by atoms with Gasteiger partial charge in [-0.1, -0.05) is 45.5 Å². The molecule has 0 radical (unpaired) electrons. The van der Waals surface area contributed by atoms with Crippen LogP contribution in [0, 0.1) is 0 Å². The van der Waals surface area contributed by atoms with E-state index >= 15 is 0 Å². The second-order valence-corrected chi connectivity index (χ2v) is 7.05. The maximum atomic E-state index is 12.5. The topological polar surface area (TPSA) is 43.6 Å². The molecule has 6 heteroatoms. The smallest absolute Gasteiger partial charge is 0.279 e. The quantitative estimate of drug-likeness (QED) is 0.596. The van der Waals surface area contributed by atoms with Crippen LogP contribution in [0.5, 0.6) is 0 Å². The number of amides is 1. The molecular weight excluding hydrogens is 388 g/mol. The summed E-state index contributed by atoms with van der Waals surface area (Å²) in [6.07, 6.45) is 0. The van der Waals surface area contributed by atoms with Crippen molar-refractivity contribution in [3.8, 4) is 0 Å². The molecule has 0 aliphatic heterocycles. The van der Waals surface area contributed by atoms with Gasteiger partial charge in [0.15, 0.2) is 4.80 Å². The summed E-state index contributed by atoms with van der Waals surface area (Å²) in [5, 5.41) is 0. The van der Waals surface area contributed by atoms with Crippen molar-refractivity contribution >= 4 is 43.4 Å². The molecule has 1 aromatic heterocycles. The van der Waals surface area contributed by atoms with Gasteiger partial charge in [-0.15, -0.1) is 0 Å². The van der Waals surface area contributed by atoms with Crippen LogP contribution in [0.2, 0.25) is 0 Å². The van der Waals surface area contributed by atoms with E-state index in [0.29, 0.717) is 30.1 Å². The summed E-state index contributed by atoms with van der Waals surface area (Å²) >= 11 is 4.90. The van der Waals surface area contributed by atoms with Crippen LogP contribution in [0.25, 0.3) is 10.2 Å². The molecule has 3 aromatic rings. The summed E-state index contributed by atoms with van der Waals surface area (Å²) in [6, 6.07) is 15.3. The molecule has 0 aliphatic rings. The summed E-state index contributed by atoms with van der Waals surface area (Å²) in [7, 11) is 0. The highest BCUT2D eigenvalue weighted by Crippen LogP contribution is 2.17. The van der Waals surface area contributed by atoms with E-state index in [1.807, 2.05) is 47.9 Å². The Morgan fingerprint density at radius 1 is 1.25 bits per heavy atom. The van der Waals surface area contributed by atoms with Crippen molar-refractivity contribution in [3.05, 3.63) is 63.4 Å². The highest BCUT2D eigenvalue weighted by atomic mass is 79.9. The number of thiazole rings is 1. The lowest BCUT2D eigenvalue weighted by Gasteiger charge is -2.05. The maximum Gasteiger partial charge on any atom is 0.279 e. The molecule has 0 fully saturated rings. The number of nitrogens with zero attached hydrogens (tertiary/aromatic N) is 2. The van der Waals surface area contributed by atoms with Crippen LogP contribution in [0.1, 0.15) is 17.3 Å². The predicted molar refractivity (Wildman–Crippen MR) is 100 cm³/mol. The second kappa shape index (κ2) is 7.88. The molecule has 4 nitrogen and oxygen atoms in total. The highest BCUT2D eigenvalue weighted by molar-refractivity contribution is 9.10. The fourth-order valence-electron chi connectivity index (χ4n) is 2.40. The molecule has 1 amide bonds. The minimum atomic E-state index is -0.243. The van der Waals surface area contributed by atoms with E-state index in [-0.39, 0.29) is 5.91 Å². The Labute approximate surface area is 152 Å². The zero-order chi connectivity index (χ0) is 16.9. The van der Waals surface area contributed by atoms with Gasteiger partial charge < -0.3 is 9.30 Å². The number of ether oxygens (including phenoxy) is 1. The van der Waals surface area contributed by atoms with E-state index in [4.69, 9.17) is 4.74 Å². The fraction of sp³-hybridized carbons (Fsp3) is 0.222. The third-order valence-electron chi connectivity index (χ3n) is 3.52. The Balaban J connectivity index is 2.03. The van der Waals surface area contributed by atoms with Crippen molar-refractivity contribution in [3.63, 3.8) is 0 Å². The molecule has 3 rings (SSSR count). The monoisotopic (exact) mass is 404 g/mol. The van der Waals surface area contributed by atoms with Crippen LogP contribution in [-0.2, 0) is 11.3 Å². The summed E-state index contributed by atoms with van der Waals surface area (Å²) in [6.45, 7) is 3.91. The third-order valence-corrected chi connectivity index (χ3v) is 5.07. The van der Waals surface area contributed by atoms with Crippen LogP contribution >= 0.6 is 27.3 Å². The lowest BCUT2D eigenvalue weighted by atomic mass is 10.2. The van der Waals surface area contributed by atoms with E-state index in [0.717, 1.165) is 14.7 Å². The first-order valence-electron chi connectivity index (χ1n) is 7.70. The Kier molecular flexibility index (Phi) is 5.60. The minimum absolute atomic E-state index is 0.243. The van der Waals surface area contributed by atoms with Gasteiger partial charge in [0, 0.05) is 23.2 Å².